The lowest BCUT2D eigenvalue weighted by atomic mass is 10.1. The number of anilines is 2. The van der Waals surface area contributed by atoms with Gasteiger partial charge in [0.05, 0.1) is 15.5 Å². The van der Waals surface area contributed by atoms with E-state index >= 15 is 0 Å². The number of nitro benzene ring substituents is 1. The molecule has 1 aliphatic heterocycles. The molecule has 0 amide bonds. The number of rotatable bonds is 6. The summed E-state index contributed by atoms with van der Waals surface area (Å²) in [5, 5.41) is 19.4. The van der Waals surface area contributed by atoms with Gasteiger partial charge in [-0.05, 0) is 43.4 Å². The van der Waals surface area contributed by atoms with Gasteiger partial charge in [-0.3, -0.25) is 14.8 Å². The standard InChI is InChI=1S/C21H22N6O4S/c1-25-12-14-26(15-13-25)21-11-10-20(22-23-21)16-2-4-17(5-3-16)24-32(30,31)19-8-6-18(7-9-19)27(28)29/h2-11,24H,12-15H2,1H3. The van der Waals surface area contributed by atoms with Gasteiger partial charge in [-0.1, -0.05) is 12.1 Å². The average Bonchev–Trinajstić information content (AvgIpc) is 2.80. The highest BCUT2D eigenvalue weighted by molar-refractivity contribution is 7.92. The van der Waals surface area contributed by atoms with Crippen LogP contribution in [0.15, 0.2) is 65.6 Å². The Kier molecular flexibility index (Phi) is 6.01. The fourth-order valence-electron chi connectivity index (χ4n) is 3.35. The minimum atomic E-state index is -3.86. The van der Waals surface area contributed by atoms with Crippen LogP contribution in [0.25, 0.3) is 11.3 Å². The fraction of sp³-hybridized carbons (Fsp3) is 0.238. The largest absolute Gasteiger partial charge is 0.353 e. The monoisotopic (exact) mass is 454 g/mol. The molecule has 0 spiro atoms. The van der Waals surface area contributed by atoms with Crippen molar-refractivity contribution in [3.05, 3.63) is 70.8 Å². The van der Waals surface area contributed by atoms with Crippen molar-refractivity contribution in [3.8, 4) is 11.3 Å². The second-order valence-corrected chi connectivity index (χ2v) is 9.18. The number of nitro groups is 1. The Bertz CT molecular complexity index is 1190. The van der Waals surface area contributed by atoms with Gasteiger partial charge in [-0.15, -0.1) is 10.2 Å². The van der Waals surface area contributed by atoms with E-state index in [1.807, 2.05) is 12.1 Å². The minimum Gasteiger partial charge on any atom is -0.353 e. The molecule has 166 valence electrons. The van der Waals surface area contributed by atoms with E-state index in [9.17, 15) is 18.5 Å². The van der Waals surface area contributed by atoms with Crippen molar-refractivity contribution in [3.63, 3.8) is 0 Å². The Balaban J connectivity index is 1.44. The fourth-order valence-corrected chi connectivity index (χ4v) is 4.41. The zero-order valence-corrected chi connectivity index (χ0v) is 18.2. The van der Waals surface area contributed by atoms with Gasteiger partial charge in [0, 0.05) is 49.6 Å². The smallest absolute Gasteiger partial charge is 0.269 e. The summed E-state index contributed by atoms with van der Waals surface area (Å²) < 4.78 is 27.5. The van der Waals surface area contributed by atoms with Crippen LogP contribution in [0.5, 0.6) is 0 Å². The van der Waals surface area contributed by atoms with Crippen molar-refractivity contribution in [1.29, 1.82) is 0 Å². The Labute approximate surface area is 185 Å². The predicted molar refractivity (Wildman–Crippen MR) is 121 cm³/mol. The zero-order valence-electron chi connectivity index (χ0n) is 17.4. The van der Waals surface area contributed by atoms with Crippen molar-refractivity contribution in [2.24, 2.45) is 0 Å². The lowest BCUT2D eigenvalue weighted by molar-refractivity contribution is -0.384. The summed E-state index contributed by atoms with van der Waals surface area (Å²) in [5.74, 6) is 0.842. The van der Waals surface area contributed by atoms with E-state index in [0.717, 1.165) is 49.7 Å². The van der Waals surface area contributed by atoms with Crippen LogP contribution < -0.4 is 9.62 Å². The van der Waals surface area contributed by atoms with E-state index < -0.39 is 14.9 Å². The third-order valence-electron chi connectivity index (χ3n) is 5.27. The van der Waals surface area contributed by atoms with Gasteiger partial charge >= 0.3 is 0 Å². The van der Waals surface area contributed by atoms with Crippen LogP contribution in [0.1, 0.15) is 0 Å². The van der Waals surface area contributed by atoms with Gasteiger partial charge in [-0.25, -0.2) is 8.42 Å². The number of nitrogens with one attached hydrogen (secondary N) is 1. The van der Waals surface area contributed by atoms with E-state index in [4.69, 9.17) is 0 Å². The number of sulfonamides is 1. The molecule has 1 saturated heterocycles. The Morgan fingerprint density at radius 2 is 1.56 bits per heavy atom. The van der Waals surface area contributed by atoms with Crippen LogP contribution >= 0.6 is 0 Å². The van der Waals surface area contributed by atoms with E-state index in [0.29, 0.717) is 11.4 Å². The normalized spacial score (nSPS) is 14.8. The molecular weight excluding hydrogens is 432 g/mol. The SMILES string of the molecule is CN1CCN(c2ccc(-c3ccc(NS(=O)(=O)c4ccc([N+](=O)[O-])cc4)cc3)nn2)CC1. The molecule has 1 fully saturated rings. The third-order valence-corrected chi connectivity index (χ3v) is 6.67. The molecular formula is C21H22N6O4S. The molecule has 0 saturated carbocycles. The summed E-state index contributed by atoms with van der Waals surface area (Å²) in [6, 6.07) is 15.3. The predicted octanol–water partition coefficient (Wildman–Crippen LogP) is 2.60. The molecule has 0 radical (unpaired) electrons. The minimum absolute atomic E-state index is 0.0578. The number of aromatic nitrogens is 2. The van der Waals surface area contributed by atoms with Crippen molar-refractivity contribution >= 4 is 27.2 Å². The van der Waals surface area contributed by atoms with Gasteiger partial charge in [0.2, 0.25) is 0 Å². The van der Waals surface area contributed by atoms with E-state index in [1.165, 1.54) is 12.1 Å². The lowest BCUT2D eigenvalue weighted by Gasteiger charge is -2.32. The summed E-state index contributed by atoms with van der Waals surface area (Å²) in [5.41, 5.74) is 1.69. The second-order valence-electron chi connectivity index (χ2n) is 7.50. The molecule has 1 N–H and O–H groups in total. The highest BCUT2D eigenvalue weighted by atomic mass is 32.2. The van der Waals surface area contributed by atoms with E-state index in [2.05, 4.69) is 31.8 Å². The van der Waals surface area contributed by atoms with Gasteiger partial charge in [0.25, 0.3) is 15.7 Å². The first-order valence-corrected chi connectivity index (χ1v) is 11.4. The second kappa shape index (κ2) is 8.89. The van der Waals surface area contributed by atoms with Crippen LogP contribution in [-0.4, -0.2) is 61.7 Å². The van der Waals surface area contributed by atoms with Crippen molar-refractivity contribution in [1.82, 2.24) is 15.1 Å². The summed E-state index contributed by atoms with van der Waals surface area (Å²) in [6.07, 6.45) is 0. The summed E-state index contributed by atoms with van der Waals surface area (Å²) >= 11 is 0. The van der Waals surface area contributed by atoms with E-state index in [1.54, 1.807) is 24.3 Å². The van der Waals surface area contributed by atoms with Crippen LogP contribution in [0.3, 0.4) is 0 Å². The zero-order chi connectivity index (χ0) is 22.7. The topological polar surface area (TPSA) is 122 Å². The maximum absolute atomic E-state index is 12.5. The lowest BCUT2D eigenvalue weighted by Crippen LogP contribution is -2.44. The van der Waals surface area contributed by atoms with Crippen molar-refractivity contribution in [2.45, 2.75) is 4.90 Å². The summed E-state index contributed by atoms with van der Waals surface area (Å²) in [6.45, 7) is 3.80. The molecule has 2 aromatic carbocycles. The molecule has 0 unspecified atom stereocenters. The third kappa shape index (κ3) is 4.84. The van der Waals surface area contributed by atoms with E-state index in [-0.39, 0.29) is 10.6 Å². The molecule has 11 heteroatoms. The molecule has 3 aromatic rings. The summed E-state index contributed by atoms with van der Waals surface area (Å²) in [4.78, 5) is 14.6. The molecule has 32 heavy (non-hydrogen) atoms. The van der Waals surface area contributed by atoms with Gasteiger partial charge < -0.3 is 9.80 Å². The van der Waals surface area contributed by atoms with Gasteiger partial charge in [-0.2, -0.15) is 0 Å². The first kappa shape index (κ1) is 21.7. The number of nitrogens with zero attached hydrogens (tertiary/aromatic N) is 5. The number of piperazine rings is 1. The number of benzene rings is 2. The number of likely N-dealkylation sites (N-methyl/N-ethyl adjacent to an activating group) is 1. The molecule has 10 nitrogen and oxygen atoms in total. The van der Waals surface area contributed by atoms with Crippen LogP contribution in [0, 0.1) is 10.1 Å². The highest BCUT2D eigenvalue weighted by Crippen LogP contribution is 2.23. The first-order valence-electron chi connectivity index (χ1n) is 9.97. The van der Waals surface area contributed by atoms with Crippen LogP contribution in [0.4, 0.5) is 17.2 Å². The van der Waals surface area contributed by atoms with Crippen LogP contribution in [0.2, 0.25) is 0 Å². The maximum atomic E-state index is 12.5. The number of hydrogen-bond donors (Lipinski definition) is 1. The molecule has 0 bridgehead atoms. The van der Waals surface area contributed by atoms with Crippen LogP contribution in [-0.2, 0) is 10.0 Å². The van der Waals surface area contributed by atoms with Crippen molar-refractivity contribution in [2.75, 3.05) is 42.8 Å². The Hall–Kier alpha value is -3.57. The Morgan fingerprint density at radius 1 is 0.906 bits per heavy atom. The molecule has 1 aliphatic rings. The molecule has 1 aromatic heterocycles. The molecule has 0 aliphatic carbocycles. The first-order chi connectivity index (χ1) is 15.3. The van der Waals surface area contributed by atoms with Gasteiger partial charge in [0.15, 0.2) is 5.82 Å². The summed E-state index contributed by atoms with van der Waals surface area (Å²) in [7, 11) is -1.77. The molecule has 0 atom stereocenters. The number of hydrogen-bond acceptors (Lipinski definition) is 8. The maximum Gasteiger partial charge on any atom is 0.269 e. The molecule has 4 rings (SSSR count). The highest BCUT2D eigenvalue weighted by Gasteiger charge is 2.17. The molecule has 2 heterocycles. The van der Waals surface area contributed by atoms with Gasteiger partial charge in [0.1, 0.15) is 0 Å². The Morgan fingerprint density at radius 3 is 2.12 bits per heavy atom. The van der Waals surface area contributed by atoms with Crippen molar-refractivity contribution < 1.29 is 13.3 Å². The number of non-ortho nitro benzene ring substituents is 1. The quantitative estimate of drug-likeness (QED) is 0.446. The average molecular weight is 455 g/mol.